The van der Waals surface area contributed by atoms with Crippen molar-refractivity contribution in [2.45, 2.75) is 32.7 Å². The van der Waals surface area contributed by atoms with Crippen LogP contribution in [0.5, 0.6) is 0 Å². The third-order valence-corrected chi connectivity index (χ3v) is 2.74. The maximum atomic E-state index is 11.1. The molecule has 13 heavy (non-hydrogen) atoms. The second-order valence-electron chi connectivity index (χ2n) is 4.00. The van der Waals surface area contributed by atoms with Crippen LogP contribution >= 0.6 is 0 Å². The number of carbonyl (C=O) groups is 1. The fourth-order valence-electron chi connectivity index (χ4n) is 2.03. The van der Waals surface area contributed by atoms with Crippen molar-refractivity contribution in [1.82, 2.24) is 4.90 Å². The lowest BCUT2D eigenvalue weighted by Crippen LogP contribution is -2.37. The number of rotatable bonds is 3. The number of ether oxygens (including phenoxy) is 1. The number of hydrogen-bond donors (Lipinski definition) is 0. The Morgan fingerprint density at radius 3 is 2.85 bits per heavy atom. The number of nitrogens with zero attached hydrogens (tertiary/aromatic N) is 1. The summed E-state index contributed by atoms with van der Waals surface area (Å²) in [5.74, 6) is 0.514. The molecule has 1 atom stereocenters. The molecule has 0 unspecified atom stereocenters. The zero-order valence-corrected chi connectivity index (χ0v) is 8.75. The lowest BCUT2D eigenvalue weighted by Gasteiger charge is -2.26. The monoisotopic (exact) mass is 185 g/mol. The Hall–Kier alpha value is -0.570. The molecule has 76 valence electrons. The molecule has 0 bridgehead atoms. The van der Waals surface area contributed by atoms with Crippen LogP contribution in [0.4, 0.5) is 0 Å². The first-order chi connectivity index (χ1) is 6.15. The van der Waals surface area contributed by atoms with Gasteiger partial charge >= 0.3 is 5.97 Å². The van der Waals surface area contributed by atoms with Crippen molar-refractivity contribution < 1.29 is 9.53 Å². The van der Waals surface area contributed by atoms with E-state index in [9.17, 15) is 4.79 Å². The molecule has 1 saturated heterocycles. The first-order valence-electron chi connectivity index (χ1n) is 4.96. The zero-order valence-electron chi connectivity index (χ0n) is 8.75. The summed E-state index contributed by atoms with van der Waals surface area (Å²) in [5.41, 5.74) is 0. The highest BCUT2D eigenvalue weighted by atomic mass is 16.5. The Bertz CT molecular complexity index is 180. The molecule has 1 rings (SSSR count). The Labute approximate surface area is 80.1 Å². The maximum Gasteiger partial charge on any atom is 0.319 e. The molecule has 1 aliphatic rings. The molecular weight excluding hydrogens is 166 g/mol. The number of carbonyl (C=O) groups excluding carboxylic acids is 1. The molecule has 0 amide bonds. The molecule has 0 spiro atoms. The van der Waals surface area contributed by atoms with E-state index in [1.54, 1.807) is 0 Å². The summed E-state index contributed by atoms with van der Waals surface area (Å²) in [6.07, 6.45) is 2.43. The molecule has 1 aliphatic heterocycles. The van der Waals surface area contributed by atoms with Gasteiger partial charge in [-0.2, -0.15) is 0 Å². The van der Waals surface area contributed by atoms with Crippen molar-refractivity contribution in [2.75, 3.05) is 20.2 Å². The fraction of sp³-hybridized carbons (Fsp3) is 0.900. The van der Waals surface area contributed by atoms with Crippen LogP contribution in [-0.4, -0.2) is 37.1 Å². The van der Waals surface area contributed by atoms with Gasteiger partial charge in [0.15, 0.2) is 0 Å². The van der Waals surface area contributed by atoms with Gasteiger partial charge in [-0.1, -0.05) is 13.8 Å². The molecule has 3 nitrogen and oxygen atoms in total. The summed E-state index contributed by atoms with van der Waals surface area (Å²) in [5, 5.41) is 0. The minimum Gasteiger partial charge on any atom is -0.468 e. The molecule has 0 radical (unpaired) electrons. The van der Waals surface area contributed by atoms with Crippen LogP contribution in [0, 0.1) is 5.92 Å². The van der Waals surface area contributed by atoms with Gasteiger partial charge in [0.1, 0.15) is 0 Å². The Morgan fingerprint density at radius 1 is 1.62 bits per heavy atom. The Balaban J connectivity index is 2.44. The second kappa shape index (κ2) is 4.61. The summed E-state index contributed by atoms with van der Waals surface area (Å²) in [7, 11) is 1.45. The molecule has 3 heteroatoms. The van der Waals surface area contributed by atoms with E-state index in [0.717, 1.165) is 6.54 Å². The van der Waals surface area contributed by atoms with Crippen LogP contribution in [0.2, 0.25) is 0 Å². The Morgan fingerprint density at radius 2 is 2.31 bits per heavy atom. The van der Waals surface area contributed by atoms with E-state index in [1.807, 2.05) is 0 Å². The standard InChI is InChI=1S/C10H19NO2/c1-8(2)9-5-4-6-11(9)7-10(12)13-3/h8-9H,4-7H2,1-3H3/t9-/m0/s1. The van der Waals surface area contributed by atoms with Crippen LogP contribution in [-0.2, 0) is 9.53 Å². The summed E-state index contributed by atoms with van der Waals surface area (Å²) in [6, 6.07) is 0.569. The van der Waals surface area contributed by atoms with E-state index in [1.165, 1.54) is 20.0 Å². The number of likely N-dealkylation sites (tertiary alicyclic amines) is 1. The summed E-state index contributed by atoms with van der Waals surface area (Å²) in [4.78, 5) is 13.3. The van der Waals surface area contributed by atoms with Crippen LogP contribution in [0.1, 0.15) is 26.7 Å². The zero-order chi connectivity index (χ0) is 9.84. The average molecular weight is 185 g/mol. The smallest absolute Gasteiger partial charge is 0.319 e. The number of methoxy groups -OCH3 is 1. The third-order valence-electron chi connectivity index (χ3n) is 2.74. The molecular formula is C10H19NO2. The minimum atomic E-state index is -0.118. The van der Waals surface area contributed by atoms with Gasteiger partial charge in [0, 0.05) is 6.04 Å². The van der Waals surface area contributed by atoms with Crippen molar-refractivity contribution in [1.29, 1.82) is 0 Å². The van der Waals surface area contributed by atoms with Crippen LogP contribution in [0.25, 0.3) is 0 Å². The largest absolute Gasteiger partial charge is 0.468 e. The van der Waals surface area contributed by atoms with E-state index < -0.39 is 0 Å². The lowest BCUT2D eigenvalue weighted by molar-refractivity contribution is -0.142. The maximum absolute atomic E-state index is 11.1. The lowest BCUT2D eigenvalue weighted by atomic mass is 10.0. The number of esters is 1. The molecule has 1 fully saturated rings. The van der Waals surface area contributed by atoms with Crippen LogP contribution < -0.4 is 0 Å². The fourth-order valence-corrected chi connectivity index (χ4v) is 2.03. The highest BCUT2D eigenvalue weighted by Gasteiger charge is 2.28. The van der Waals surface area contributed by atoms with Gasteiger partial charge < -0.3 is 4.74 Å². The van der Waals surface area contributed by atoms with Gasteiger partial charge in [-0.15, -0.1) is 0 Å². The molecule has 0 aromatic rings. The quantitative estimate of drug-likeness (QED) is 0.620. The van der Waals surface area contributed by atoms with Crippen molar-refractivity contribution >= 4 is 5.97 Å². The minimum absolute atomic E-state index is 0.118. The third kappa shape index (κ3) is 2.69. The first kappa shape index (κ1) is 10.5. The van der Waals surface area contributed by atoms with Gasteiger partial charge in [-0.3, -0.25) is 9.69 Å². The van der Waals surface area contributed by atoms with Crippen LogP contribution in [0.3, 0.4) is 0 Å². The normalized spacial score (nSPS) is 23.8. The molecule has 0 aromatic carbocycles. The van der Waals surface area contributed by atoms with E-state index in [4.69, 9.17) is 0 Å². The van der Waals surface area contributed by atoms with E-state index >= 15 is 0 Å². The molecule has 0 N–H and O–H groups in total. The van der Waals surface area contributed by atoms with Crippen molar-refractivity contribution in [3.8, 4) is 0 Å². The van der Waals surface area contributed by atoms with Gasteiger partial charge in [0.05, 0.1) is 13.7 Å². The summed E-state index contributed by atoms with van der Waals surface area (Å²) >= 11 is 0. The van der Waals surface area contributed by atoms with E-state index in [2.05, 4.69) is 23.5 Å². The molecule has 0 saturated carbocycles. The van der Waals surface area contributed by atoms with Gasteiger partial charge in [0.25, 0.3) is 0 Å². The van der Waals surface area contributed by atoms with Gasteiger partial charge in [-0.25, -0.2) is 0 Å². The highest BCUT2D eigenvalue weighted by molar-refractivity contribution is 5.71. The second-order valence-corrected chi connectivity index (χ2v) is 4.00. The SMILES string of the molecule is COC(=O)CN1CCC[C@H]1C(C)C. The predicted molar refractivity (Wildman–Crippen MR) is 51.4 cm³/mol. The van der Waals surface area contributed by atoms with Gasteiger partial charge in [-0.05, 0) is 25.3 Å². The van der Waals surface area contributed by atoms with E-state index in [0.29, 0.717) is 18.5 Å². The average Bonchev–Trinajstić information content (AvgIpc) is 2.52. The number of hydrogen-bond acceptors (Lipinski definition) is 3. The summed E-state index contributed by atoms with van der Waals surface area (Å²) < 4.78 is 4.66. The van der Waals surface area contributed by atoms with Crippen molar-refractivity contribution in [2.24, 2.45) is 5.92 Å². The molecule has 0 aliphatic carbocycles. The highest BCUT2D eigenvalue weighted by Crippen LogP contribution is 2.23. The molecule has 1 heterocycles. The van der Waals surface area contributed by atoms with Crippen LogP contribution in [0.15, 0.2) is 0 Å². The predicted octanol–water partition coefficient (Wildman–Crippen LogP) is 1.28. The van der Waals surface area contributed by atoms with Crippen molar-refractivity contribution in [3.05, 3.63) is 0 Å². The Kier molecular flexibility index (Phi) is 3.72. The van der Waals surface area contributed by atoms with E-state index in [-0.39, 0.29) is 5.97 Å². The molecule has 0 aromatic heterocycles. The first-order valence-corrected chi connectivity index (χ1v) is 4.96. The topological polar surface area (TPSA) is 29.5 Å². The van der Waals surface area contributed by atoms with Crippen molar-refractivity contribution in [3.63, 3.8) is 0 Å². The van der Waals surface area contributed by atoms with Gasteiger partial charge in [0.2, 0.25) is 0 Å². The summed E-state index contributed by atoms with van der Waals surface area (Å²) in [6.45, 7) is 5.91.